The first-order valence-electron chi connectivity index (χ1n) is 14.5. The van der Waals surface area contributed by atoms with E-state index in [0.717, 1.165) is 24.3 Å². The maximum absolute atomic E-state index is 12.7. The van der Waals surface area contributed by atoms with Crippen LogP contribution in [0.5, 0.6) is 11.5 Å². The predicted molar refractivity (Wildman–Crippen MR) is 182 cm³/mol. The molecule has 0 unspecified atom stereocenters. The summed E-state index contributed by atoms with van der Waals surface area (Å²) in [4.78, 5) is 23.4. The predicted octanol–water partition coefficient (Wildman–Crippen LogP) is -1.99. The number of rotatable bonds is 9. The molecule has 0 amide bonds. The van der Waals surface area contributed by atoms with Crippen LogP contribution in [0.1, 0.15) is 22.3 Å². The van der Waals surface area contributed by atoms with Crippen molar-refractivity contribution >= 4 is 66.8 Å². The van der Waals surface area contributed by atoms with E-state index in [1.54, 1.807) is 60.7 Å². The second-order valence-electron chi connectivity index (χ2n) is 10.7. The number of hydrogen-bond donors (Lipinski definition) is 2. The van der Waals surface area contributed by atoms with Gasteiger partial charge in [0.05, 0.1) is 35.4 Å². The number of benzene rings is 4. The van der Waals surface area contributed by atoms with E-state index in [4.69, 9.17) is 9.47 Å². The summed E-state index contributed by atoms with van der Waals surface area (Å²) in [7, 11) is -8.32. The van der Waals surface area contributed by atoms with E-state index in [-0.39, 0.29) is 93.4 Å². The smallest absolute Gasteiger partial charge is 0.744 e. The van der Waals surface area contributed by atoms with Gasteiger partial charge >= 0.3 is 59.1 Å². The summed E-state index contributed by atoms with van der Waals surface area (Å²) in [5.74, 6) is -1.16. The number of methoxy groups -OCH3 is 2. The molecule has 0 heterocycles. The topological polar surface area (TPSA) is 216 Å². The van der Waals surface area contributed by atoms with Crippen molar-refractivity contribution in [1.82, 2.24) is 0 Å². The van der Waals surface area contributed by atoms with Gasteiger partial charge in [-0.25, -0.2) is 16.8 Å². The molecule has 0 saturated carbocycles. The zero-order valence-corrected chi connectivity index (χ0v) is 33.7. The molecule has 0 atom stereocenters. The van der Waals surface area contributed by atoms with Crippen LogP contribution in [-0.4, -0.2) is 63.2 Å². The molecule has 254 valence electrons. The van der Waals surface area contributed by atoms with Crippen LogP contribution in [0, 0.1) is 0 Å². The molecule has 0 aromatic heterocycles. The molecule has 2 aliphatic carbocycles. The summed E-state index contributed by atoms with van der Waals surface area (Å²) >= 11 is 0. The summed E-state index contributed by atoms with van der Waals surface area (Å²) in [6, 6.07) is 17.6. The zero-order chi connectivity index (χ0) is 35.8. The summed E-state index contributed by atoms with van der Waals surface area (Å²) in [5.41, 5.74) is 6.16. The van der Waals surface area contributed by atoms with E-state index in [9.17, 15) is 35.5 Å². The number of fused-ring (bicyclic) bond motifs is 2. The maximum Gasteiger partial charge on any atom is 1.00 e. The zero-order valence-electron chi connectivity index (χ0n) is 28.0. The normalized spacial score (nSPS) is 14.9. The third-order valence-electron chi connectivity index (χ3n) is 7.74. The Kier molecular flexibility index (Phi) is 12.9. The second kappa shape index (κ2) is 16.4. The first-order valence-corrected chi connectivity index (χ1v) is 17.3. The number of ether oxygens (including phenoxy) is 2. The largest absolute Gasteiger partial charge is 1.00 e. The molecule has 2 N–H and O–H groups in total. The Morgan fingerprint density at radius 2 is 0.923 bits per heavy atom. The Labute approximate surface area is 342 Å². The molecule has 6 rings (SSSR count). The Morgan fingerprint density at radius 3 is 1.27 bits per heavy atom. The summed E-state index contributed by atoms with van der Waals surface area (Å²) in [6.45, 7) is 0. The van der Waals surface area contributed by atoms with Gasteiger partial charge in [0.1, 0.15) is 43.2 Å². The summed E-state index contributed by atoms with van der Waals surface area (Å²) in [6.07, 6.45) is 5.85. The van der Waals surface area contributed by atoms with Crippen molar-refractivity contribution in [3.63, 3.8) is 0 Å². The van der Waals surface area contributed by atoms with Crippen LogP contribution in [0.2, 0.25) is 0 Å². The van der Waals surface area contributed by atoms with Gasteiger partial charge in [-0.1, -0.05) is 60.7 Å². The molecule has 0 spiro atoms. The fourth-order valence-electron chi connectivity index (χ4n) is 5.40. The van der Waals surface area contributed by atoms with Gasteiger partial charge < -0.3 is 18.6 Å². The number of hydrazone groups is 2. The molecule has 52 heavy (non-hydrogen) atoms. The molecule has 0 fully saturated rings. The molecular weight excluding hydrogens is 735 g/mol. The summed E-state index contributed by atoms with van der Waals surface area (Å²) in [5, 5.41) is 8.32. The Morgan fingerprint density at radius 1 is 0.558 bits per heavy atom. The molecule has 2 aliphatic rings. The Bertz CT molecular complexity index is 2290. The van der Waals surface area contributed by atoms with Gasteiger partial charge in [-0.3, -0.25) is 20.4 Å². The molecule has 14 nitrogen and oxygen atoms in total. The van der Waals surface area contributed by atoms with Crippen molar-refractivity contribution in [2.75, 3.05) is 25.1 Å². The van der Waals surface area contributed by atoms with E-state index < -0.39 is 52.7 Å². The van der Waals surface area contributed by atoms with Crippen molar-refractivity contribution in [2.24, 2.45) is 10.2 Å². The van der Waals surface area contributed by atoms with Crippen LogP contribution in [0.4, 0.5) is 11.4 Å². The molecule has 0 aliphatic heterocycles. The number of allylic oxidation sites excluding steroid dienone is 2. The average molecular weight is 759 g/mol. The van der Waals surface area contributed by atoms with Crippen LogP contribution >= 0.6 is 0 Å². The Hall–Kier alpha value is -3.94. The molecule has 4 aromatic rings. The number of carbonyl (C=O) groups excluding carboxylic acids is 2. The first kappa shape index (κ1) is 40.8. The van der Waals surface area contributed by atoms with Gasteiger partial charge in [-0.2, -0.15) is 10.2 Å². The van der Waals surface area contributed by atoms with Crippen molar-refractivity contribution in [1.29, 1.82) is 0 Å². The number of ketones is 2. The summed E-state index contributed by atoms with van der Waals surface area (Å²) < 4.78 is 86.7. The monoisotopic (exact) mass is 758 g/mol. The number of carbonyl (C=O) groups is 2. The van der Waals surface area contributed by atoms with Gasteiger partial charge in [-0.15, -0.1) is 0 Å². The number of nitrogens with one attached hydrogen (secondary N) is 2. The van der Waals surface area contributed by atoms with Crippen molar-refractivity contribution in [3.05, 3.63) is 107 Å². The fourth-order valence-corrected chi connectivity index (χ4v) is 6.80. The van der Waals surface area contributed by atoms with Gasteiger partial charge in [0.15, 0.2) is 0 Å². The number of anilines is 2. The van der Waals surface area contributed by atoms with Gasteiger partial charge in [0.2, 0.25) is 11.6 Å². The van der Waals surface area contributed by atoms with Crippen LogP contribution in [0.3, 0.4) is 0 Å². The quantitative estimate of drug-likeness (QED) is 0.108. The first-order chi connectivity index (χ1) is 23.8. The van der Waals surface area contributed by atoms with E-state index in [2.05, 4.69) is 21.1 Å². The van der Waals surface area contributed by atoms with Gasteiger partial charge in [-0.05, 0) is 47.5 Å². The minimum atomic E-state index is -5.37. The fraction of sp³-hybridized carbons (Fsp3) is 0.0588. The number of hydrogen-bond acceptors (Lipinski definition) is 14. The second-order valence-corrected chi connectivity index (χ2v) is 13.4. The van der Waals surface area contributed by atoms with Crippen molar-refractivity contribution in [2.45, 2.75) is 9.79 Å². The third kappa shape index (κ3) is 8.31. The average Bonchev–Trinajstić information content (AvgIpc) is 3.09. The minimum Gasteiger partial charge on any atom is -0.744 e. The van der Waals surface area contributed by atoms with Crippen LogP contribution in [0.25, 0.3) is 23.3 Å². The van der Waals surface area contributed by atoms with Crippen molar-refractivity contribution in [3.8, 4) is 22.6 Å². The minimum absolute atomic E-state index is 0. The van der Waals surface area contributed by atoms with Crippen LogP contribution in [-0.2, 0) is 29.8 Å². The third-order valence-corrected chi connectivity index (χ3v) is 9.49. The molecular formula is C34H24N4Na2O10S2. The molecule has 4 aromatic carbocycles. The Balaban J connectivity index is 0.00000302. The molecule has 18 heteroatoms. The van der Waals surface area contributed by atoms with Gasteiger partial charge in [0.25, 0.3) is 0 Å². The van der Waals surface area contributed by atoms with Crippen LogP contribution in [0.15, 0.2) is 105 Å². The SMILES string of the molecule is COc1cc(-c2cc(OC)c(NN=C3C(=O)C=Cc4ccccc43)cc2S(=O)(=O)[O-])c(S(=O)(=O)[O-])cc1NN=C1C(=O)C=Cc2ccccc21.[Na+].[Na+]. The molecule has 0 saturated heterocycles. The van der Waals surface area contributed by atoms with E-state index in [1.165, 1.54) is 26.4 Å². The maximum atomic E-state index is 12.7. The molecule has 0 radical (unpaired) electrons. The molecule has 0 bridgehead atoms. The number of nitrogens with zero attached hydrogens (tertiary/aromatic N) is 2. The van der Waals surface area contributed by atoms with E-state index in [0.29, 0.717) is 22.3 Å². The van der Waals surface area contributed by atoms with Gasteiger partial charge in [0, 0.05) is 22.3 Å². The van der Waals surface area contributed by atoms with E-state index in [1.807, 2.05) is 0 Å². The van der Waals surface area contributed by atoms with E-state index >= 15 is 0 Å². The standard InChI is InChI=1S/C34H26N4O10S2.2Na/c1-47-29-15-23(31(49(41,42)43)17-25(29)35-37-33-21-9-5-3-7-19(21)11-13-27(33)39)24-16-30(48-2)26(18-32(24)50(44,45)46)36-38-34-22-10-6-4-8-20(22)12-14-28(34)40;;/h3-18,35-36H,1-2H3,(H,41,42,43)(H,44,45,46);;/q;2*+1/p-2. The van der Waals surface area contributed by atoms with Crippen molar-refractivity contribution < 1.29 is 104 Å². The van der Waals surface area contributed by atoms with Crippen LogP contribution < -0.4 is 79.4 Å².